The van der Waals surface area contributed by atoms with Gasteiger partial charge in [0.15, 0.2) is 0 Å². The van der Waals surface area contributed by atoms with Crippen LogP contribution in [0.3, 0.4) is 0 Å². The fraction of sp³-hybridized carbons (Fsp3) is 0.222. The van der Waals surface area contributed by atoms with Crippen molar-refractivity contribution in [2.24, 2.45) is 0 Å². The molecule has 0 atom stereocenters. The van der Waals surface area contributed by atoms with E-state index in [2.05, 4.69) is 22.6 Å². The van der Waals surface area contributed by atoms with Crippen LogP contribution in [-0.2, 0) is 0 Å². The van der Waals surface area contributed by atoms with Crippen LogP contribution in [0.2, 0.25) is 0 Å². The van der Waals surface area contributed by atoms with Crippen molar-refractivity contribution in [2.45, 2.75) is 6.92 Å². The van der Waals surface area contributed by atoms with Crippen LogP contribution in [0.25, 0.3) is 0 Å². The zero-order valence-electron chi connectivity index (χ0n) is 7.23. The molecule has 0 aromatic heterocycles. The van der Waals surface area contributed by atoms with Gasteiger partial charge in [-0.3, -0.25) is 4.79 Å². The predicted molar refractivity (Wildman–Crippen MR) is 60.6 cm³/mol. The molecule has 0 saturated heterocycles. The Hall–Kier alpha value is -0.290. The quantitative estimate of drug-likeness (QED) is 0.620. The molecular weight excluding hydrogens is 302 g/mol. The summed E-state index contributed by atoms with van der Waals surface area (Å²) in [6, 6.07) is 3.41. The number of methoxy groups -OCH3 is 1. The van der Waals surface area contributed by atoms with E-state index in [0.717, 1.165) is 14.9 Å². The summed E-state index contributed by atoms with van der Waals surface area (Å²) in [4.78, 5) is 10.9. The van der Waals surface area contributed by atoms with E-state index in [4.69, 9.17) is 16.3 Å². The highest BCUT2D eigenvalue weighted by Crippen LogP contribution is 2.26. The number of ether oxygens (including phenoxy) is 1. The van der Waals surface area contributed by atoms with Crippen molar-refractivity contribution < 1.29 is 9.53 Å². The van der Waals surface area contributed by atoms with Crippen LogP contribution in [0.5, 0.6) is 5.75 Å². The van der Waals surface area contributed by atoms with Gasteiger partial charge >= 0.3 is 0 Å². The average Bonchev–Trinajstić information content (AvgIpc) is 2.09. The van der Waals surface area contributed by atoms with Crippen molar-refractivity contribution in [3.8, 4) is 5.75 Å². The Kier molecular flexibility index (Phi) is 3.55. The molecule has 0 aliphatic heterocycles. The Balaban J connectivity index is 3.31. The zero-order chi connectivity index (χ0) is 10.0. The van der Waals surface area contributed by atoms with Gasteiger partial charge in [-0.15, -0.1) is 0 Å². The molecule has 1 rings (SSSR count). The smallest absolute Gasteiger partial charge is 0.253 e. The van der Waals surface area contributed by atoms with Crippen LogP contribution in [-0.4, -0.2) is 12.4 Å². The molecule has 1 aromatic rings. The number of carbonyl (C=O) groups excluding carboxylic acids is 1. The maximum Gasteiger partial charge on any atom is 0.253 e. The minimum atomic E-state index is -0.435. The fourth-order valence-electron chi connectivity index (χ4n) is 1.04. The van der Waals surface area contributed by atoms with Crippen LogP contribution < -0.4 is 4.74 Å². The molecule has 13 heavy (non-hydrogen) atoms. The lowest BCUT2D eigenvalue weighted by Crippen LogP contribution is -1.98. The monoisotopic (exact) mass is 310 g/mol. The standard InChI is InChI=1S/C9H8ClIO2/c1-5-7(13-2)4-3-6(8(5)11)9(10)12/h3-4H,1-2H3. The van der Waals surface area contributed by atoms with E-state index in [1.165, 1.54) is 0 Å². The predicted octanol–water partition coefficient (Wildman–Crippen LogP) is 2.99. The third-order valence-corrected chi connectivity index (χ3v) is 3.36. The molecule has 0 aliphatic carbocycles. The van der Waals surface area contributed by atoms with Gasteiger partial charge in [-0.2, -0.15) is 0 Å². The maximum atomic E-state index is 10.9. The van der Waals surface area contributed by atoms with Gasteiger partial charge in [0.05, 0.1) is 7.11 Å². The molecule has 0 heterocycles. The molecule has 0 aliphatic rings. The number of hydrogen-bond donors (Lipinski definition) is 0. The molecule has 2 nitrogen and oxygen atoms in total. The van der Waals surface area contributed by atoms with Crippen molar-refractivity contribution in [3.05, 3.63) is 26.8 Å². The SMILES string of the molecule is COc1ccc(C(=O)Cl)c(I)c1C. The van der Waals surface area contributed by atoms with Gasteiger partial charge in [0.1, 0.15) is 5.75 Å². The second-order valence-electron chi connectivity index (χ2n) is 2.53. The second-order valence-corrected chi connectivity index (χ2v) is 3.95. The topological polar surface area (TPSA) is 26.3 Å². The van der Waals surface area contributed by atoms with E-state index in [1.54, 1.807) is 19.2 Å². The minimum Gasteiger partial charge on any atom is -0.496 e. The van der Waals surface area contributed by atoms with Crippen LogP contribution in [0.1, 0.15) is 15.9 Å². The van der Waals surface area contributed by atoms with E-state index in [-0.39, 0.29) is 0 Å². The van der Waals surface area contributed by atoms with E-state index in [0.29, 0.717) is 5.56 Å². The van der Waals surface area contributed by atoms with Gasteiger partial charge in [0.25, 0.3) is 5.24 Å². The highest BCUT2D eigenvalue weighted by molar-refractivity contribution is 14.1. The number of benzene rings is 1. The highest BCUT2D eigenvalue weighted by Gasteiger charge is 2.11. The molecule has 0 spiro atoms. The van der Waals surface area contributed by atoms with Gasteiger partial charge in [0.2, 0.25) is 0 Å². The van der Waals surface area contributed by atoms with E-state index in [1.807, 2.05) is 6.92 Å². The molecule has 1 aromatic carbocycles. The summed E-state index contributed by atoms with van der Waals surface area (Å²) in [6.45, 7) is 1.89. The third kappa shape index (κ3) is 2.14. The maximum absolute atomic E-state index is 10.9. The lowest BCUT2D eigenvalue weighted by Gasteiger charge is -2.08. The normalized spacial score (nSPS) is 9.85. The van der Waals surface area contributed by atoms with Crippen LogP contribution >= 0.6 is 34.2 Å². The number of rotatable bonds is 2. The molecular formula is C9H8ClIO2. The largest absolute Gasteiger partial charge is 0.496 e. The molecule has 0 fully saturated rings. The number of halogens is 2. The van der Waals surface area contributed by atoms with Gasteiger partial charge in [-0.05, 0) is 53.2 Å². The van der Waals surface area contributed by atoms with E-state index < -0.39 is 5.24 Å². The van der Waals surface area contributed by atoms with Crippen molar-refractivity contribution in [1.29, 1.82) is 0 Å². The summed E-state index contributed by atoms with van der Waals surface area (Å²) >= 11 is 7.48. The molecule has 4 heteroatoms. The van der Waals surface area contributed by atoms with Crippen molar-refractivity contribution in [1.82, 2.24) is 0 Å². The van der Waals surface area contributed by atoms with Crippen molar-refractivity contribution in [2.75, 3.05) is 7.11 Å². The Bertz CT molecular complexity index is 350. The molecule has 70 valence electrons. The first-order chi connectivity index (χ1) is 6.07. The van der Waals surface area contributed by atoms with E-state index >= 15 is 0 Å². The third-order valence-electron chi connectivity index (χ3n) is 1.77. The fourth-order valence-corrected chi connectivity index (χ4v) is 2.05. The summed E-state index contributed by atoms with van der Waals surface area (Å²) in [5.41, 5.74) is 1.47. The number of carbonyl (C=O) groups is 1. The Morgan fingerprint density at radius 3 is 2.62 bits per heavy atom. The van der Waals surface area contributed by atoms with Crippen LogP contribution in [0, 0.1) is 10.5 Å². The molecule has 0 N–H and O–H groups in total. The molecule has 0 amide bonds. The van der Waals surface area contributed by atoms with Crippen molar-refractivity contribution >= 4 is 39.4 Å². The molecule has 0 bridgehead atoms. The summed E-state index contributed by atoms with van der Waals surface area (Å²) in [5, 5.41) is -0.435. The van der Waals surface area contributed by atoms with Crippen molar-refractivity contribution in [3.63, 3.8) is 0 Å². The first-order valence-corrected chi connectivity index (χ1v) is 5.06. The van der Waals surface area contributed by atoms with Gasteiger partial charge in [-0.25, -0.2) is 0 Å². The Morgan fingerprint density at radius 2 is 2.15 bits per heavy atom. The Labute approximate surface area is 95.4 Å². The lowest BCUT2D eigenvalue weighted by molar-refractivity contribution is 0.108. The van der Waals surface area contributed by atoms with E-state index in [9.17, 15) is 4.79 Å². The second kappa shape index (κ2) is 4.28. The zero-order valence-corrected chi connectivity index (χ0v) is 10.1. The van der Waals surface area contributed by atoms with Gasteiger partial charge < -0.3 is 4.74 Å². The van der Waals surface area contributed by atoms with Gasteiger partial charge in [-0.1, -0.05) is 0 Å². The summed E-state index contributed by atoms with van der Waals surface area (Å²) in [7, 11) is 1.60. The first-order valence-electron chi connectivity index (χ1n) is 3.61. The Morgan fingerprint density at radius 1 is 1.54 bits per heavy atom. The molecule has 0 saturated carbocycles. The summed E-state index contributed by atoms with van der Waals surface area (Å²) < 4.78 is 5.95. The first kappa shape index (κ1) is 10.8. The van der Waals surface area contributed by atoms with Crippen LogP contribution in [0.15, 0.2) is 12.1 Å². The number of hydrogen-bond acceptors (Lipinski definition) is 2. The highest BCUT2D eigenvalue weighted by atomic mass is 127. The lowest BCUT2D eigenvalue weighted by atomic mass is 10.1. The summed E-state index contributed by atoms with van der Waals surface area (Å²) in [6.07, 6.45) is 0. The molecule has 0 unspecified atom stereocenters. The average molecular weight is 311 g/mol. The minimum absolute atomic E-state index is 0.435. The van der Waals surface area contributed by atoms with Crippen LogP contribution in [0.4, 0.5) is 0 Å². The molecule has 0 radical (unpaired) electrons. The summed E-state index contributed by atoms with van der Waals surface area (Å²) in [5.74, 6) is 0.770. The van der Waals surface area contributed by atoms with Gasteiger partial charge in [0, 0.05) is 14.7 Å².